The fourth-order valence-electron chi connectivity index (χ4n) is 2.74. The molecule has 0 amide bonds. The molecule has 0 unspecified atom stereocenters. The number of hydrogen-bond acceptors (Lipinski definition) is 3. The van der Waals surface area contributed by atoms with Gasteiger partial charge in [0.2, 0.25) is 5.43 Å². The molecule has 3 nitrogen and oxygen atoms in total. The Morgan fingerprint density at radius 3 is 2.59 bits per heavy atom. The van der Waals surface area contributed by atoms with Gasteiger partial charge in [-0.1, -0.05) is 42.5 Å². The molecule has 0 aliphatic rings. The highest BCUT2D eigenvalue weighted by Gasteiger charge is 2.11. The molecule has 0 fully saturated rings. The summed E-state index contributed by atoms with van der Waals surface area (Å²) >= 11 is 0. The maximum atomic E-state index is 12.7. The topological polar surface area (TPSA) is 50.4 Å². The second-order valence-electron chi connectivity index (χ2n) is 5.19. The van der Waals surface area contributed by atoms with Crippen molar-refractivity contribution < 1.29 is 9.52 Å². The third-order valence-electron chi connectivity index (χ3n) is 3.82. The van der Waals surface area contributed by atoms with Crippen LogP contribution in [0.2, 0.25) is 0 Å². The summed E-state index contributed by atoms with van der Waals surface area (Å²) in [5.41, 5.74) is 1.58. The van der Waals surface area contributed by atoms with Gasteiger partial charge in [-0.3, -0.25) is 4.79 Å². The zero-order chi connectivity index (χ0) is 15.1. The second-order valence-corrected chi connectivity index (χ2v) is 5.19. The van der Waals surface area contributed by atoms with E-state index in [-0.39, 0.29) is 11.2 Å². The second kappa shape index (κ2) is 4.74. The van der Waals surface area contributed by atoms with Gasteiger partial charge < -0.3 is 9.52 Å². The highest BCUT2D eigenvalue weighted by atomic mass is 16.3. The van der Waals surface area contributed by atoms with Gasteiger partial charge in [-0.25, -0.2) is 0 Å². The predicted molar refractivity (Wildman–Crippen MR) is 87.1 cm³/mol. The van der Waals surface area contributed by atoms with Gasteiger partial charge in [0.05, 0.1) is 10.9 Å². The van der Waals surface area contributed by atoms with E-state index in [9.17, 15) is 9.90 Å². The lowest BCUT2D eigenvalue weighted by molar-refractivity contribution is 0.475. The van der Waals surface area contributed by atoms with Gasteiger partial charge in [-0.2, -0.15) is 0 Å². The Morgan fingerprint density at radius 1 is 0.864 bits per heavy atom. The van der Waals surface area contributed by atoms with E-state index in [1.54, 1.807) is 30.3 Å². The SMILES string of the molecule is O=c1c(-c2cccc(O)c2)coc2c1ccc1ccccc12. The van der Waals surface area contributed by atoms with Crippen LogP contribution in [0.25, 0.3) is 32.9 Å². The van der Waals surface area contributed by atoms with Crippen molar-refractivity contribution in [2.75, 3.05) is 0 Å². The van der Waals surface area contributed by atoms with Crippen LogP contribution in [0.5, 0.6) is 5.75 Å². The molecule has 4 rings (SSSR count). The van der Waals surface area contributed by atoms with Gasteiger partial charge in [0.1, 0.15) is 17.6 Å². The lowest BCUT2D eigenvalue weighted by Crippen LogP contribution is -2.04. The minimum Gasteiger partial charge on any atom is -0.508 e. The van der Waals surface area contributed by atoms with Gasteiger partial charge in [0, 0.05) is 5.39 Å². The van der Waals surface area contributed by atoms with Crippen molar-refractivity contribution >= 4 is 21.7 Å². The van der Waals surface area contributed by atoms with Gasteiger partial charge in [0.25, 0.3) is 0 Å². The molecule has 3 heteroatoms. The predicted octanol–water partition coefficient (Wildman–Crippen LogP) is 4.32. The molecular formula is C19H12O3. The first-order chi connectivity index (χ1) is 10.7. The maximum Gasteiger partial charge on any atom is 0.200 e. The van der Waals surface area contributed by atoms with E-state index in [4.69, 9.17) is 4.42 Å². The van der Waals surface area contributed by atoms with Crippen LogP contribution < -0.4 is 5.43 Å². The number of phenols is 1. The average molecular weight is 288 g/mol. The van der Waals surface area contributed by atoms with Crippen molar-refractivity contribution in [3.63, 3.8) is 0 Å². The molecule has 0 radical (unpaired) electrons. The summed E-state index contributed by atoms with van der Waals surface area (Å²) in [7, 11) is 0. The van der Waals surface area contributed by atoms with Crippen molar-refractivity contribution in [2.45, 2.75) is 0 Å². The van der Waals surface area contributed by atoms with Crippen LogP contribution >= 0.6 is 0 Å². The van der Waals surface area contributed by atoms with E-state index in [0.29, 0.717) is 22.1 Å². The van der Waals surface area contributed by atoms with Crippen molar-refractivity contribution in [3.05, 3.63) is 77.2 Å². The van der Waals surface area contributed by atoms with Crippen molar-refractivity contribution in [1.82, 2.24) is 0 Å². The molecule has 3 aromatic carbocycles. The minimum atomic E-state index is -0.0994. The number of phenolic OH excluding ortho intramolecular Hbond substituents is 1. The Kier molecular flexibility index (Phi) is 2.73. The zero-order valence-corrected chi connectivity index (χ0v) is 11.6. The van der Waals surface area contributed by atoms with Crippen LogP contribution in [0, 0.1) is 0 Å². The molecule has 4 aromatic rings. The highest BCUT2D eigenvalue weighted by Crippen LogP contribution is 2.27. The Bertz CT molecular complexity index is 1060. The number of fused-ring (bicyclic) bond motifs is 3. The fourth-order valence-corrected chi connectivity index (χ4v) is 2.74. The Balaban J connectivity index is 2.06. The molecule has 106 valence electrons. The molecule has 1 aromatic heterocycles. The van der Waals surface area contributed by atoms with E-state index >= 15 is 0 Å². The Morgan fingerprint density at radius 2 is 1.73 bits per heavy atom. The largest absolute Gasteiger partial charge is 0.508 e. The summed E-state index contributed by atoms with van der Waals surface area (Å²) < 4.78 is 5.75. The van der Waals surface area contributed by atoms with Crippen molar-refractivity contribution in [2.24, 2.45) is 0 Å². The smallest absolute Gasteiger partial charge is 0.200 e. The van der Waals surface area contributed by atoms with E-state index < -0.39 is 0 Å². The summed E-state index contributed by atoms with van der Waals surface area (Å²) in [6.45, 7) is 0. The molecule has 0 spiro atoms. The summed E-state index contributed by atoms with van der Waals surface area (Å²) in [5, 5.41) is 12.1. The van der Waals surface area contributed by atoms with Gasteiger partial charge in [-0.15, -0.1) is 0 Å². The number of benzene rings is 3. The Hall–Kier alpha value is -3.07. The third-order valence-corrected chi connectivity index (χ3v) is 3.82. The molecule has 0 bridgehead atoms. The lowest BCUT2D eigenvalue weighted by atomic mass is 10.0. The molecule has 0 aliphatic heterocycles. The summed E-state index contributed by atoms with van der Waals surface area (Å²) in [6.07, 6.45) is 1.46. The van der Waals surface area contributed by atoms with Crippen LogP contribution in [0.1, 0.15) is 0 Å². The highest BCUT2D eigenvalue weighted by molar-refractivity contribution is 6.04. The zero-order valence-electron chi connectivity index (χ0n) is 11.6. The van der Waals surface area contributed by atoms with Gasteiger partial charge in [0.15, 0.2) is 0 Å². The maximum absolute atomic E-state index is 12.7. The first-order valence-electron chi connectivity index (χ1n) is 6.97. The first kappa shape index (κ1) is 12.7. The molecule has 0 saturated carbocycles. The first-order valence-corrected chi connectivity index (χ1v) is 6.97. The van der Waals surface area contributed by atoms with Crippen LogP contribution in [0.15, 0.2) is 76.1 Å². The quantitative estimate of drug-likeness (QED) is 0.531. The van der Waals surface area contributed by atoms with Gasteiger partial charge in [-0.05, 0) is 29.1 Å². The number of aromatic hydroxyl groups is 1. The summed E-state index contributed by atoms with van der Waals surface area (Å²) in [6, 6.07) is 18.1. The average Bonchev–Trinajstić information content (AvgIpc) is 2.55. The monoisotopic (exact) mass is 288 g/mol. The van der Waals surface area contributed by atoms with Crippen LogP contribution in [0.4, 0.5) is 0 Å². The van der Waals surface area contributed by atoms with Crippen LogP contribution in [-0.2, 0) is 0 Å². The molecule has 0 atom stereocenters. The molecule has 1 heterocycles. The number of rotatable bonds is 1. The third kappa shape index (κ3) is 1.87. The van der Waals surface area contributed by atoms with Crippen LogP contribution in [-0.4, -0.2) is 5.11 Å². The standard InChI is InChI=1S/C19H12O3/c20-14-6-3-5-13(10-14)17-11-22-19-15-7-2-1-4-12(15)8-9-16(19)18(17)21/h1-11,20H. The van der Waals surface area contributed by atoms with Crippen molar-refractivity contribution in [1.29, 1.82) is 0 Å². The summed E-state index contributed by atoms with van der Waals surface area (Å²) in [5.74, 6) is 0.121. The van der Waals surface area contributed by atoms with Crippen molar-refractivity contribution in [3.8, 4) is 16.9 Å². The van der Waals surface area contributed by atoms with E-state index in [1.807, 2.05) is 30.3 Å². The number of hydrogen-bond donors (Lipinski definition) is 1. The molecule has 0 saturated heterocycles. The molecule has 0 aliphatic carbocycles. The van der Waals surface area contributed by atoms with E-state index in [0.717, 1.165) is 10.8 Å². The summed E-state index contributed by atoms with van der Waals surface area (Å²) in [4.78, 5) is 12.7. The van der Waals surface area contributed by atoms with Crippen LogP contribution in [0.3, 0.4) is 0 Å². The van der Waals surface area contributed by atoms with Gasteiger partial charge >= 0.3 is 0 Å². The minimum absolute atomic E-state index is 0.0994. The lowest BCUT2D eigenvalue weighted by Gasteiger charge is -2.05. The molecular weight excluding hydrogens is 276 g/mol. The molecule has 1 N–H and O–H groups in total. The van der Waals surface area contributed by atoms with E-state index in [2.05, 4.69) is 0 Å². The fraction of sp³-hybridized carbons (Fsp3) is 0. The van der Waals surface area contributed by atoms with E-state index in [1.165, 1.54) is 6.26 Å². The molecule has 22 heavy (non-hydrogen) atoms. The normalized spacial score (nSPS) is 11.1. The Labute approximate surface area is 126 Å².